The maximum absolute atomic E-state index is 5.62. The Morgan fingerprint density at radius 2 is 1.95 bits per heavy atom. The number of hydrogen-bond donors (Lipinski definition) is 1. The van der Waals surface area contributed by atoms with Gasteiger partial charge in [-0.2, -0.15) is 0 Å². The zero-order valence-corrected chi connectivity index (χ0v) is 11.7. The molecule has 2 nitrogen and oxygen atoms in total. The van der Waals surface area contributed by atoms with E-state index in [0.29, 0.717) is 0 Å². The minimum atomic E-state index is 0.992. The van der Waals surface area contributed by atoms with E-state index < -0.39 is 0 Å². The van der Waals surface area contributed by atoms with Crippen LogP contribution in [-0.4, -0.2) is 13.7 Å². The van der Waals surface area contributed by atoms with Gasteiger partial charge in [0.25, 0.3) is 0 Å². The molecule has 2 aromatic carbocycles. The third-order valence-corrected chi connectivity index (χ3v) is 4.01. The van der Waals surface area contributed by atoms with Crippen molar-refractivity contribution >= 4 is 5.69 Å². The second kappa shape index (κ2) is 4.61. The van der Waals surface area contributed by atoms with Crippen molar-refractivity contribution in [3.63, 3.8) is 0 Å². The molecule has 0 fully saturated rings. The van der Waals surface area contributed by atoms with Crippen molar-refractivity contribution in [3.05, 3.63) is 47.0 Å². The van der Waals surface area contributed by atoms with Gasteiger partial charge in [0.05, 0.1) is 7.11 Å². The molecule has 0 spiro atoms. The molecule has 1 aliphatic heterocycles. The first-order valence-electron chi connectivity index (χ1n) is 6.72. The largest absolute Gasteiger partial charge is 0.496 e. The van der Waals surface area contributed by atoms with Crippen molar-refractivity contribution in [3.8, 4) is 16.9 Å². The van der Waals surface area contributed by atoms with E-state index in [2.05, 4.69) is 49.5 Å². The molecule has 0 atom stereocenters. The minimum Gasteiger partial charge on any atom is -0.496 e. The molecule has 2 aromatic rings. The van der Waals surface area contributed by atoms with Gasteiger partial charge in [-0.1, -0.05) is 18.2 Å². The number of ether oxygens (including phenoxy) is 1. The Kier molecular flexibility index (Phi) is 2.94. The van der Waals surface area contributed by atoms with E-state index in [1.165, 1.54) is 33.5 Å². The first-order valence-corrected chi connectivity index (χ1v) is 6.72. The van der Waals surface area contributed by atoms with Crippen LogP contribution < -0.4 is 10.1 Å². The van der Waals surface area contributed by atoms with Gasteiger partial charge in [-0.15, -0.1) is 0 Å². The van der Waals surface area contributed by atoms with Crippen molar-refractivity contribution in [1.29, 1.82) is 0 Å². The van der Waals surface area contributed by atoms with Crippen LogP contribution in [0.4, 0.5) is 5.69 Å². The third-order valence-electron chi connectivity index (χ3n) is 4.01. The van der Waals surface area contributed by atoms with E-state index >= 15 is 0 Å². The molecule has 0 unspecified atom stereocenters. The van der Waals surface area contributed by atoms with Gasteiger partial charge in [-0.3, -0.25) is 0 Å². The highest BCUT2D eigenvalue weighted by Crippen LogP contribution is 2.36. The molecule has 1 N–H and O–H groups in total. The summed E-state index contributed by atoms with van der Waals surface area (Å²) in [5.74, 6) is 0.992. The van der Waals surface area contributed by atoms with Crippen LogP contribution >= 0.6 is 0 Å². The second-order valence-corrected chi connectivity index (χ2v) is 5.14. The molecule has 0 bridgehead atoms. The Morgan fingerprint density at radius 1 is 1.11 bits per heavy atom. The summed E-state index contributed by atoms with van der Waals surface area (Å²) in [6.45, 7) is 5.28. The maximum atomic E-state index is 5.62. The van der Waals surface area contributed by atoms with E-state index in [-0.39, 0.29) is 0 Å². The van der Waals surface area contributed by atoms with Crippen LogP contribution in [0.3, 0.4) is 0 Å². The monoisotopic (exact) mass is 253 g/mol. The van der Waals surface area contributed by atoms with Crippen molar-refractivity contribution in [1.82, 2.24) is 0 Å². The zero-order chi connectivity index (χ0) is 13.4. The molecule has 0 saturated heterocycles. The minimum absolute atomic E-state index is 0.992. The van der Waals surface area contributed by atoms with Crippen molar-refractivity contribution in [2.24, 2.45) is 0 Å². The Bertz CT molecular complexity index is 631. The summed E-state index contributed by atoms with van der Waals surface area (Å²) >= 11 is 0. The topological polar surface area (TPSA) is 21.3 Å². The number of benzene rings is 2. The number of aryl methyl sites for hydroxylation is 1. The van der Waals surface area contributed by atoms with Gasteiger partial charge in [-0.25, -0.2) is 0 Å². The molecule has 0 amide bonds. The third kappa shape index (κ3) is 1.97. The van der Waals surface area contributed by atoms with Crippen LogP contribution in [0.15, 0.2) is 30.3 Å². The van der Waals surface area contributed by atoms with Crippen LogP contribution in [0.25, 0.3) is 11.1 Å². The van der Waals surface area contributed by atoms with E-state index in [1.54, 1.807) is 7.11 Å². The first kappa shape index (κ1) is 12.1. The summed E-state index contributed by atoms with van der Waals surface area (Å²) < 4.78 is 5.62. The van der Waals surface area contributed by atoms with Gasteiger partial charge in [0.1, 0.15) is 5.75 Å². The van der Waals surface area contributed by atoms with Crippen molar-refractivity contribution in [2.45, 2.75) is 20.3 Å². The zero-order valence-electron chi connectivity index (χ0n) is 11.7. The van der Waals surface area contributed by atoms with E-state index in [9.17, 15) is 0 Å². The van der Waals surface area contributed by atoms with Crippen LogP contribution in [0, 0.1) is 13.8 Å². The lowest BCUT2D eigenvalue weighted by Crippen LogP contribution is -1.94. The molecular formula is C17H19NO. The molecule has 0 aliphatic carbocycles. The second-order valence-electron chi connectivity index (χ2n) is 5.14. The maximum Gasteiger partial charge on any atom is 0.129 e. The van der Waals surface area contributed by atoms with Crippen LogP contribution in [0.2, 0.25) is 0 Å². The molecule has 0 radical (unpaired) electrons. The molecule has 98 valence electrons. The number of anilines is 1. The van der Waals surface area contributed by atoms with Gasteiger partial charge in [0.2, 0.25) is 0 Å². The Hall–Kier alpha value is -1.96. The molecule has 19 heavy (non-hydrogen) atoms. The summed E-state index contributed by atoms with van der Waals surface area (Å²) in [7, 11) is 1.75. The van der Waals surface area contributed by atoms with Gasteiger partial charge in [0, 0.05) is 17.8 Å². The van der Waals surface area contributed by atoms with Gasteiger partial charge >= 0.3 is 0 Å². The van der Waals surface area contributed by atoms with Gasteiger partial charge in [-0.05, 0) is 54.7 Å². The molecule has 0 saturated carbocycles. The fourth-order valence-corrected chi connectivity index (χ4v) is 2.75. The SMILES string of the molecule is COc1c(-c2ccc3c(c2)CCN3)ccc(C)c1C. The fourth-order valence-electron chi connectivity index (χ4n) is 2.75. The molecule has 1 aliphatic rings. The highest BCUT2D eigenvalue weighted by Gasteiger charge is 2.14. The normalized spacial score (nSPS) is 13.0. The van der Waals surface area contributed by atoms with Crippen molar-refractivity contribution < 1.29 is 4.74 Å². The van der Waals surface area contributed by atoms with Crippen molar-refractivity contribution in [2.75, 3.05) is 19.0 Å². The standard InChI is InChI=1S/C17H19NO/c1-11-4-6-15(17(19-3)12(11)2)13-5-7-16-14(10-13)8-9-18-16/h4-7,10,18H,8-9H2,1-3H3. The van der Waals surface area contributed by atoms with E-state index in [4.69, 9.17) is 4.74 Å². The van der Waals surface area contributed by atoms with E-state index in [1.807, 2.05) is 0 Å². The smallest absolute Gasteiger partial charge is 0.129 e. The van der Waals surface area contributed by atoms with Crippen LogP contribution in [0.5, 0.6) is 5.75 Å². The van der Waals surface area contributed by atoms with Gasteiger partial charge in [0.15, 0.2) is 0 Å². The van der Waals surface area contributed by atoms with Crippen LogP contribution in [0.1, 0.15) is 16.7 Å². The molecule has 1 heterocycles. The Balaban J connectivity index is 2.14. The summed E-state index contributed by atoms with van der Waals surface area (Å²) in [5.41, 5.74) is 7.58. The highest BCUT2D eigenvalue weighted by atomic mass is 16.5. The molecule has 3 rings (SSSR count). The Labute approximate surface area is 114 Å². The number of rotatable bonds is 2. The number of fused-ring (bicyclic) bond motifs is 1. The fraction of sp³-hybridized carbons (Fsp3) is 0.294. The lowest BCUT2D eigenvalue weighted by molar-refractivity contribution is 0.413. The molecule has 2 heteroatoms. The van der Waals surface area contributed by atoms with Gasteiger partial charge < -0.3 is 10.1 Å². The molecule has 0 aromatic heterocycles. The highest BCUT2D eigenvalue weighted by molar-refractivity contribution is 5.76. The summed E-state index contributed by atoms with van der Waals surface area (Å²) in [4.78, 5) is 0. The average Bonchev–Trinajstić information content (AvgIpc) is 2.89. The average molecular weight is 253 g/mol. The number of nitrogens with one attached hydrogen (secondary N) is 1. The lowest BCUT2D eigenvalue weighted by atomic mass is 9.97. The Morgan fingerprint density at radius 3 is 2.74 bits per heavy atom. The quantitative estimate of drug-likeness (QED) is 0.875. The number of hydrogen-bond acceptors (Lipinski definition) is 2. The van der Waals surface area contributed by atoms with E-state index in [0.717, 1.165) is 18.7 Å². The molecular weight excluding hydrogens is 234 g/mol. The predicted octanol–water partition coefficient (Wildman–Crippen LogP) is 3.95. The lowest BCUT2D eigenvalue weighted by Gasteiger charge is -2.14. The van der Waals surface area contributed by atoms with Crippen LogP contribution in [-0.2, 0) is 6.42 Å². The number of methoxy groups -OCH3 is 1. The predicted molar refractivity (Wildman–Crippen MR) is 80.1 cm³/mol. The summed E-state index contributed by atoms with van der Waals surface area (Å²) in [6.07, 6.45) is 1.11. The first-order chi connectivity index (χ1) is 9.20. The summed E-state index contributed by atoms with van der Waals surface area (Å²) in [6, 6.07) is 10.9. The summed E-state index contributed by atoms with van der Waals surface area (Å²) in [5, 5.41) is 3.40.